The smallest absolute Gasteiger partial charge is 0.259 e. The Hall–Kier alpha value is -3.08. The van der Waals surface area contributed by atoms with Gasteiger partial charge in [0, 0.05) is 26.1 Å². The van der Waals surface area contributed by atoms with Crippen molar-refractivity contribution in [3.63, 3.8) is 0 Å². The molecule has 1 fully saturated rings. The molecule has 1 aliphatic heterocycles. The second-order valence-corrected chi connectivity index (χ2v) is 12.1. The number of carbonyl (C=O) groups excluding carboxylic acids is 1. The zero-order valence-corrected chi connectivity index (χ0v) is 26.7. The van der Waals surface area contributed by atoms with E-state index in [1.807, 2.05) is 10.6 Å². The van der Waals surface area contributed by atoms with Crippen molar-refractivity contribution < 1.29 is 29.4 Å². The zero-order chi connectivity index (χ0) is 32.3. The Morgan fingerprint density at radius 3 is 2.64 bits per heavy atom. The predicted molar refractivity (Wildman–Crippen MR) is 167 cm³/mol. The normalized spacial score (nSPS) is 21.5. The molecule has 3 heterocycles. The summed E-state index contributed by atoms with van der Waals surface area (Å²) in [7, 11) is -0.0443. The number of benzene rings is 1. The van der Waals surface area contributed by atoms with E-state index in [-0.39, 0.29) is 57.1 Å². The van der Waals surface area contributed by atoms with Crippen LogP contribution in [0.15, 0.2) is 43.0 Å². The highest BCUT2D eigenvalue weighted by Crippen LogP contribution is 2.49. The minimum Gasteiger partial charge on any atom is -0.382 e. The van der Waals surface area contributed by atoms with Crippen molar-refractivity contribution in [3.8, 4) is 0 Å². The number of amides is 1. The fraction of sp³-hybridized carbons (Fsp3) is 0.567. The Balaban J connectivity index is 1.69. The number of imidazole rings is 1. The molecule has 0 spiro atoms. The summed E-state index contributed by atoms with van der Waals surface area (Å²) in [5.74, 6) is -0.0376. The predicted octanol–water partition coefficient (Wildman–Crippen LogP) is 4.74. The van der Waals surface area contributed by atoms with Gasteiger partial charge in [0.25, 0.3) is 14.4 Å². The van der Waals surface area contributed by atoms with Crippen molar-refractivity contribution in [2.24, 2.45) is 0 Å². The zero-order valence-electron chi connectivity index (χ0n) is 26.8. The number of nitrogens with zero attached hydrogens (tertiary/aromatic N) is 6. The van der Waals surface area contributed by atoms with Gasteiger partial charge >= 0.3 is 0 Å². The molecule has 0 aliphatic carbocycles. The van der Waals surface area contributed by atoms with Gasteiger partial charge in [-0.25, -0.2) is 26.2 Å². The number of rotatable bonds is 15. The second kappa shape index (κ2) is 16.3. The lowest BCUT2D eigenvalue weighted by molar-refractivity contribution is -0.168. The van der Waals surface area contributed by atoms with Crippen LogP contribution in [0.5, 0.6) is 0 Å². The Morgan fingerprint density at radius 1 is 1.18 bits per heavy atom. The van der Waals surface area contributed by atoms with Gasteiger partial charge in [-0.3, -0.25) is 4.79 Å². The van der Waals surface area contributed by atoms with E-state index < -0.39 is 32.9 Å². The molecule has 4 rings (SSSR count). The standard InChI is InChI=1S/C30H42N7O6P/c1-20(2)37(21(3)4)44(42-14-13-31-6)43-26-22(5)41-17-24(27(26)40-16-15-39-7)36-19-34-25-28(32-18-33-29(25)36)35-30(38)23-11-9-8-10-12-23/h8-12,18-22,24,26-27H,13-17H2,1-5,7H3,(H,32,33,35,38)/t22-,24-,26-,27+,44?/m1/s1/i5D. The number of carbonyl (C=O) groups is 1. The highest BCUT2D eigenvalue weighted by molar-refractivity contribution is 7.44. The van der Waals surface area contributed by atoms with Crippen LogP contribution in [0.3, 0.4) is 0 Å². The molecule has 14 heteroatoms. The molecule has 0 radical (unpaired) electrons. The van der Waals surface area contributed by atoms with Gasteiger partial charge in [-0.2, -0.15) is 0 Å². The van der Waals surface area contributed by atoms with Crippen LogP contribution in [0.2, 0.25) is 0 Å². The highest BCUT2D eigenvalue weighted by Gasteiger charge is 2.45. The van der Waals surface area contributed by atoms with E-state index in [2.05, 4.69) is 57.5 Å². The molecule has 0 bridgehead atoms. The molecule has 44 heavy (non-hydrogen) atoms. The summed E-state index contributed by atoms with van der Waals surface area (Å²) in [5.41, 5.74) is 1.38. The van der Waals surface area contributed by atoms with Crippen LogP contribution >= 0.6 is 8.53 Å². The van der Waals surface area contributed by atoms with Crippen LogP contribution in [0, 0.1) is 6.57 Å². The van der Waals surface area contributed by atoms with Crippen LogP contribution in [0.4, 0.5) is 5.82 Å². The van der Waals surface area contributed by atoms with Crippen LogP contribution < -0.4 is 5.32 Å². The summed E-state index contributed by atoms with van der Waals surface area (Å²) >= 11 is 0. The van der Waals surface area contributed by atoms with Gasteiger partial charge in [0.15, 0.2) is 17.0 Å². The number of hydrogen-bond acceptors (Lipinski definition) is 10. The fourth-order valence-electron chi connectivity index (χ4n) is 5.03. The van der Waals surface area contributed by atoms with Crippen LogP contribution in [-0.2, 0) is 23.3 Å². The van der Waals surface area contributed by atoms with Crippen LogP contribution in [0.25, 0.3) is 16.0 Å². The summed E-state index contributed by atoms with van der Waals surface area (Å²) in [6, 6.07) is 8.57. The highest BCUT2D eigenvalue weighted by atomic mass is 31.2. The first kappa shape index (κ1) is 32.3. The SMILES string of the molecule is [2H]C[C@H]1OC[C@@H](n2cnc3c(NC(=O)c4ccccc4)ncnc32)[C@H](OCCOC)[C@@H]1OP(OCC[N+]#[C-])N(C(C)C)C(C)C. The van der Waals surface area contributed by atoms with Gasteiger partial charge in [0.1, 0.15) is 25.1 Å². The Labute approximate surface area is 261 Å². The summed E-state index contributed by atoms with van der Waals surface area (Å²) in [6.07, 6.45) is 1.09. The molecular weight excluding hydrogens is 585 g/mol. The number of aromatic nitrogens is 4. The van der Waals surface area contributed by atoms with Crippen LogP contribution in [0.1, 0.15) is 52.4 Å². The average molecular weight is 629 g/mol. The van der Waals surface area contributed by atoms with Crippen molar-refractivity contribution in [3.05, 3.63) is 60.0 Å². The molecule has 1 amide bonds. The topological polar surface area (TPSA) is 126 Å². The first-order valence-corrected chi connectivity index (χ1v) is 15.7. The van der Waals surface area contributed by atoms with Gasteiger partial charge in [-0.15, -0.1) is 0 Å². The van der Waals surface area contributed by atoms with Crippen molar-refractivity contribution in [2.45, 2.75) is 71.0 Å². The van der Waals surface area contributed by atoms with Gasteiger partial charge in [-0.1, -0.05) is 18.2 Å². The third kappa shape index (κ3) is 8.14. The maximum atomic E-state index is 12.9. The number of nitrogens with one attached hydrogen (secondary N) is 1. The van der Waals surface area contributed by atoms with Crippen molar-refractivity contribution in [2.75, 3.05) is 45.4 Å². The fourth-order valence-corrected chi connectivity index (χ4v) is 6.79. The van der Waals surface area contributed by atoms with E-state index in [1.165, 1.54) is 6.33 Å². The Kier molecular flexibility index (Phi) is 12.0. The number of ether oxygens (including phenoxy) is 3. The van der Waals surface area contributed by atoms with Gasteiger partial charge < -0.3 is 38.0 Å². The molecule has 5 atom stereocenters. The average Bonchev–Trinajstić information content (AvgIpc) is 3.46. The van der Waals surface area contributed by atoms with Crippen molar-refractivity contribution >= 4 is 31.4 Å². The number of hydrogen-bond donors (Lipinski definition) is 1. The van der Waals surface area contributed by atoms with E-state index >= 15 is 0 Å². The van der Waals surface area contributed by atoms with E-state index in [4.69, 9.17) is 31.2 Å². The summed E-state index contributed by atoms with van der Waals surface area (Å²) in [4.78, 5) is 29.7. The third-order valence-corrected chi connectivity index (χ3v) is 9.12. The summed E-state index contributed by atoms with van der Waals surface area (Å²) < 4.78 is 43.2. The monoisotopic (exact) mass is 628 g/mol. The molecule has 1 aromatic carbocycles. The van der Waals surface area contributed by atoms with Crippen molar-refractivity contribution in [1.82, 2.24) is 24.2 Å². The molecule has 13 nitrogen and oxygen atoms in total. The van der Waals surface area contributed by atoms with Crippen molar-refractivity contribution in [1.29, 1.82) is 0 Å². The molecule has 3 aromatic rings. The Morgan fingerprint density at radius 2 is 1.95 bits per heavy atom. The Bertz CT molecular complexity index is 1400. The van der Waals surface area contributed by atoms with Gasteiger partial charge in [0.2, 0.25) is 6.54 Å². The quantitative estimate of drug-likeness (QED) is 0.143. The molecular formula is C30H42N7O6P. The van der Waals surface area contributed by atoms with E-state index in [1.54, 1.807) is 37.7 Å². The maximum absolute atomic E-state index is 12.9. The lowest BCUT2D eigenvalue weighted by Crippen LogP contribution is -2.52. The van der Waals surface area contributed by atoms with E-state index in [0.29, 0.717) is 23.3 Å². The largest absolute Gasteiger partial charge is 0.382 e. The lowest BCUT2D eigenvalue weighted by atomic mass is 9.98. The molecule has 1 aliphatic rings. The molecule has 1 unspecified atom stereocenters. The lowest BCUT2D eigenvalue weighted by Gasteiger charge is -2.44. The van der Waals surface area contributed by atoms with Crippen LogP contribution in [-0.4, -0.2) is 101 Å². The first-order chi connectivity index (χ1) is 21.8. The molecule has 2 aromatic heterocycles. The maximum Gasteiger partial charge on any atom is 0.259 e. The minimum atomic E-state index is -1.65. The number of fused-ring (bicyclic) bond motifs is 1. The molecule has 1 N–H and O–H groups in total. The molecule has 1 saturated heterocycles. The number of anilines is 1. The minimum absolute atomic E-state index is 0.0569. The summed E-state index contributed by atoms with van der Waals surface area (Å²) in [5, 5.41) is 2.84. The number of methoxy groups -OCH3 is 1. The van der Waals surface area contributed by atoms with E-state index in [9.17, 15) is 4.79 Å². The molecule has 238 valence electrons. The second-order valence-electron chi connectivity index (χ2n) is 10.7. The molecule has 0 saturated carbocycles. The first-order valence-electron chi connectivity index (χ1n) is 15.3. The summed E-state index contributed by atoms with van der Waals surface area (Å²) in [6.45, 7) is 16.7. The third-order valence-electron chi connectivity index (χ3n) is 7.00. The van der Waals surface area contributed by atoms with Gasteiger partial charge in [0.05, 0.1) is 38.3 Å². The van der Waals surface area contributed by atoms with E-state index in [0.717, 1.165) is 0 Å². The van der Waals surface area contributed by atoms with Gasteiger partial charge in [-0.05, 0) is 46.7 Å².